The zero-order chi connectivity index (χ0) is 22.1. The third-order valence-corrected chi connectivity index (χ3v) is 6.60. The van der Waals surface area contributed by atoms with Gasteiger partial charge in [0.05, 0.1) is 17.1 Å². The number of carbonyl (C=O) groups is 2. The van der Waals surface area contributed by atoms with Crippen LogP contribution in [0, 0.1) is 0 Å². The highest BCUT2D eigenvalue weighted by molar-refractivity contribution is 7.13. The summed E-state index contributed by atoms with van der Waals surface area (Å²) in [5, 5.41) is 2.77. The van der Waals surface area contributed by atoms with E-state index in [1.54, 1.807) is 13.1 Å². The van der Waals surface area contributed by atoms with Crippen LogP contribution in [0.5, 0.6) is 5.75 Å². The Morgan fingerprint density at radius 2 is 2.06 bits per heavy atom. The molecule has 8 heteroatoms. The zero-order valence-corrected chi connectivity index (χ0v) is 18.5. The molecule has 3 heterocycles. The largest absolute Gasteiger partial charge is 0.479 e. The first kappa shape index (κ1) is 20.6. The van der Waals surface area contributed by atoms with Gasteiger partial charge in [-0.25, -0.2) is 4.98 Å². The number of thiazole rings is 1. The van der Waals surface area contributed by atoms with Crippen molar-refractivity contribution in [3.63, 3.8) is 0 Å². The fourth-order valence-electron chi connectivity index (χ4n) is 4.10. The van der Waals surface area contributed by atoms with Gasteiger partial charge < -0.3 is 9.47 Å². The molecule has 32 heavy (non-hydrogen) atoms. The maximum atomic E-state index is 12.9. The van der Waals surface area contributed by atoms with Crippen LogP contribution >= 0.6 is 11.3 Å². The number of hydrogen-bond donors (Lipinski definition) is 0. The Morgan fingerprint density at radius 1 is 1.22 bits per heavy atom. The second-order valence-electron chi connectivity index (χ2n) is 8.02. The summed E-state index contributed by atoms with van der Waals surface area (Å²) in [5.41, 5.74) is 2.98. The van der Waals surface area contributed by atoms with E-state index < -0.39 is 6.10 Å². The lowest BCUT2D eigenvalue weighted by Gasteiger charge is -2.32. The number of hydrogen-bond acceptors (Lipinski definition) is 7. The van der Waals surface area contributed by atoms with E-state index in [1.807, 2.05) is 41.8 Å². The molecule has 0 radical (unpaired) electrons. The Kier molecular flexibility index (Phi) is 5.61. The number of nitrogens with zero attached hydrogens (tertiary/aromatic N) is 3. The number of benzene rings is 1. The third-order valence-electron chi connectivity index (χ3n) is 5.74. The Bertz CT molecular complexity index is 1140. The summed E-state index contributed by atoms with van der Waals surface area (Å²) in [7, 11) is 0. The fourth-order valence-corrected chi connectivity index (χ4v) is 4.91. The van der Waals surface area contributed by atoms with Crippen LogP contribution in [0.25, 0.3) is 22.0 Å². The lowest BCUT2D eigenvalue weighted by molar-refractivity contribution is -0.148. The fraction of sp³-hybridized carbons (Fsp3) is 0.333. The highest BCUT2D eigenvalue weighted by Crippen LogP contribution is 2.38. The smallest absolute Gasteiger partial charge is 0.326 e. The Hall–Kier alpha value is -3.26. The molecule has 0 spiro atoms. The van der Waals surface area contributed by atoms with Gasteiger partial charge in [-0.15, -0.1) is 11.3 Å². The molecule has 1 amide bonds. The molecule has 1 aliphatic heterocycles. The summed E-state index contributed by atoms with van der Waals surface area (Å²) in [4.78, 5) is 36.0. The van der Waals surface area contributed by atoms with Crippen LogP contribution in [0.1, 0.15) is 32.6 Å². The van der Waals surface area contributed by atoms with Crippen molar-refractivity contribution in [3.05, 3.63) is 48.0 Å². The van der Waals surface area contributed by atoms with Crippen molar-refractivity contribution in [2.75, 3.05) is 11.4 Å². The average Bonchev–Trinajstić information content (AvgIpc) is 3.50. The summed E-state index contributed by atoms with van der Waals surface area (Å²) in [6.07, 6.45) is 4.97. The van der Waals surface area contributed by atoms with E-state index in [2.05, 4.69) is 4.98 Å². The van der Waals surface area contributed by atoms with E-state index in [1.165, 1.54) is 16.2 Å². The number of esters is 1. The second kappa shape index (κ2) is 8.70. The lowest BCUT2D eigenvalue weighted by Crippen LogP contribution is -2.47. The van der Waals surface area contributed by atoms with Crippen molar-refractivity contribution in [2.24, 2.45) is 0 Å². The number of rotatable bonds is 5. The molecule has 0 N–H and O–H groups in total. The number of amides is 1. The highest BCUT2D eigenvalue weighted by Gasteiger charge is 2.34. The predicted octanol–water partition coefficient (Wildman–Crippen LogP) is 4.47. The quantitative estimate of drug-likeness (QED) is 0.535. The van der Waals surface area contributed by atoms with E-state index in [0.29, 0.717) is 11.4 Å². The molecule has 2 aromatic heterocycles. The van der Waals surface area contributed by atoms with Crippen LogP contribution in [0.4, 0.5) is 5.69 Å². The minimum atomic E-state index is -0.664. The number of pyridine rings is 1. The molecule has 1 aliphatic carbocycles. The van der Waals surface area contributed by atoms with Gasteiger partial charge in [-0.1, -0.05) is 6.07 Å². The molecule has 1 fully saturated rings. The van der Waals surface area contributed by atoms with E-state index in [4.69, 9.17) is 14.5 Å². The molecule has 1 aromatic carbocycles. The summed E-state index contributed by atoms with van der Waals surface area (Å²) in [5.74, 6) is -0.0815. The normalized spacial score (nSPS) is 18.3. The van der Waals surface area contributed by atoms with Gasteiger partial charge in [0.1, 0.15) is 23.4 Å². The standard InChI is InChI=1S/C24H23N3O4S/c1-15-24(29)27(13-22(28)31-17-6-2-3-7-17)20-12-16(9-10-21(20)30-15)19-14-32-23(26-19)18-8-4-5-11-25-18/h4-5,8-12,14-15,17H,2-3,6-7,13H2,1H3. The molecule has 164 valence electrons. The van der Waals surface area contributed by atoms with Gasteiger partial charge >= 0.3 is 5.97 Å². The molecular formula is C24H23N3O4S. The molecule has 0 saturated heterocycles. The molecule has 1 atom stereocenters. The Balaban J connectivity index is 1.42. The van der Waals surface area contributed by atoms with Crippen molar-refractivity contribution >= 4 is 28.9 Å². The van der Waals surface area contributed by atoms with Gasteiger partial charge in [-0.2, -0.15) is 0 Å². The van der Waals surface area contributed by atoms with Crippen LogP contribution in [0.2, 0.25) is 0 Å². The predicted molar refractivity (Wildman–Crippen MR) is 122 cm³/mol. The number of aromatic nitrogens is 2. The molecule has 5 rings (SSSR count). The first-order valence-electron chi connectivity index (χ1n) is 10.8. The summed E-state index contributed by atoms with van der Waals surface area (Å²) in [6, 6.07) is 11.3. The minimum absolute atomic E-state index is 0.0399. The van der Waals surface area contributed by atoms with Crippen LogP contribution in [-0.4, -0.2) is 40.6 Å². The van der Waals surface area contributed by atoms with Crippen LogP contribution in [0.3, 0.4) is 0 Å². The van der Waals surface area contributed by atoms with Crippen LogP contribution < -0.4 is 9.64 Å². The van der Waals surface area contributed by atoms with Crippen molar-refractivity contribution in [2.45, 2.75) is 44.8 Å². The zero-order valence-electron chi connectivity index (χ0n) is 17.7. The van der Waals surface area contributed by atoms with Gasteiger partial charge in [-0.3, -0.25) is 19.5 Å². The van der Waals surface area contributed by atoms with Crippen LogP contribution in [-0.2, 0) is 14.3 Å². The maximum absolute atomic E-state index is 12.9. The molecular weight excluding hydrogens is 426 g/mol. The monoisotopic (exact) mass is 449 g/mol. The Labute approximate surface area is 190 Å². The van der Waals surface area contributed by atoms with Crippen molar-refractivity contribution in [1.82, 2.24) is 9.97 Å². The van der Waals surface area contributed by atoms with E-state index in [-0.39, 0.29) is 24.5 Å². The van der Waals surface area contributed by atoms with Crippen LogP contribution in [0.15, 0.2) is 48.0 Å². The molecule has 2 aliphatic rings. The first-order valence-corrected chi connectivity index (χ1v) is 11.7. The van der Waals surface area contributed by atoms with Crippen molar-refractivity contribution < 1.29 is 19.1 Å². The molecule has 3 aromatic rings. The topological polar surface area (TPSA) is 81.6 Å². The van der Waals surface area contributed by atoms with E-state index in [9.17, 15) is 9.59 Å². The summed E-state index contributed by atoms with van der Waals surface area (Å²) in [6.45, 7) is 1.56. The van der Waals surface area contributed by atoms with Gasteiger partial charge in [0.15, 0.2) is 6.10 Å². The van der Waals surface area contributed by atoms with Gasteiger partial charge in [-0.05, 0) is 62.9 Å². The minimum Gasteiger partial charge on any atom is -0.479 e. The summed E-state index contributed by atoms with van der Waals surface area (Å²) >= 11 is 1.51. The number of anilines is 1. The molecule has 1 saturated carbocycles. The van der Waals surface area contributed by atoms with E-state index in [0.717, 1.165) is 47.6 Å². The molecule has 1 unspecified atom stereocenters. The van der Waals surface area contributed by atoms with Gasteiger partial charge in [0, 0.05) is 17.1 Å². The van der Waals surface area contributed by atoms with Gasteiger partial charge in [0.2, 0.25) is 0 Å². The average molecular weight is 450 g/mol. The van der Waals surface area contributed by atoms with E-state index >= 15 is 0 Å². The number of fused-ring (bicyclic) bond motifs is 1. The van der Waals surface area contributed by atoms with Crippen molar-refractivity contribution in [1.29, 1.82) is 0 Å². The molecule has 7 nitrogen and oxygen atoms in total. The van der Waals surface area contributed by atoms with Crippen molar-refractivity contribution in [3.8, 4) is 27.7 Å². The lowest BCUT2D eigenvalue weighted by atomic mass is 10.1. The maximum Gasteiger partial charge on any atom is 0.326 e. The third kappa shape index (κ3) is 4.10. The van der Waals surface area contributed by atoms with Gasteiger partial charge in [0.25, 0.3) is 5.91 Å². The Morgan fingerprint density at radius 3 is 2.84 bits per heavy atom. The summed E-state index contributed by atoms with van der Waals surface area (Å²) < 4.78 is 11.4. The highest BCUT2D eigenvalue weighted by atomic mass is 32.1. The first-order chi connectivity index (χ1) is 15.6. The number of ether oxygens (including phenoxy) is 2. The number of carbonyl (C=O) groups excluding carboxylic acids is 2. The SMILES string of the molecule is CC1Oc2ccc(-c3csc(-c4ccccn4)n3)cc2N(CC(=O)OC2CCCC2)C1=O. The molecule has 0 bridgehead atoms. The second-order valence-corrected chi connectivity index (χ2v) is 8.87.